The monoisotopic (exact) mass is 200 g/mol. The molecule has 0 aliphatic heterocycles. The summed E-state index contributed by atoms with van der Waals surface area (Å²) in [5.41, 5.74) is 1.64. The van der Waals surface area contributed by atoms with Gasteiger partial charge in [-0.25, -0.2) is 0 Å². The van der Waals surface area contributed by atoms with Crippen LogP contribution in [0.25, 0.3) is 0 Å². The third kappa shape index (κ3) is 1.71. The van der Waals surface area contributed by atoms with E-state index >= 15 is 0 Å². The van der Waals surface area contributed by atoms with Crippen LogP contribution in [-0.2, 0) is 4.79 Å². The molecule has 1 fully saturated rings. The molecule has 0 N–H and O–H groups in total. The Morgan fingerprint density at radius 2 is 2.07 bits per heavy atom. The second-order valence-electron chi connectivity index (χ2n) is 3.79. The first kappa shape index (κ1) is 9.72. The van der Waals surface area contributed by atoms with Gasteiger partial charge in [-0.15, -0.1) is 0 Å². The first-order valence-corrected chi connectivity index (χ1v) is 4.98. The number of hydrogen-bond acceptors (Lipinski definition) is 3. The summed E-state index contributed by atoms with van der Waals surface area (Å²) in [4.78, 5) is 13.3. The zero-order chi connectivity index (χ0) is 10.8. The van der Waals surface area contributed by atoms with Crippen LogP contribution in [0.5, 0.6) is 0 Å². The van der Waals surface area contributed by atoms with Crippen molar-refractivity contribution in [1.82, 2.24) is 0 Å². The molecule has 15 heavy (non-hydrogen) atoms. The lowest BCUT2D eigenvalue weighted by molar-refractivity contribution is -0.125. The number of likely N-dealkylation sites (N-methyl/N-ethyl adjacent to an activating group) is 1. The third-order valence-electron chi connectivity index (χ3n) is 2.91. The maximum absolute atomic E-state index is 11.3. The van der Waals surface area contributed by atoms with Crippen molar-refractivity contribution in [2.45, 2.75) is 18.9 Å². The zero-order valence-corrected chi connectivity index (χ0v) is 8.60. The molecular weight excluding hydrogens is 188 g/mol. The number of hydrogen-bond donors (Lipinski definition) is 0. The van der Waals surface area contributed by atoms with Crippen LogP contribution in [0.15, 0.2) is 24.3 Å². The molecule has 0 bridgehead atoms. The number of benzene rings is 1. The summed E-state index contributed by atoms with van der Waals surface area (Å²) >= 11 is 0. The van der Waals surface area contributed by atoms with Gasteiger partial charge in [0, 0.05) is 19.2 Å². The summed E-state index contributed by atoms with van der Waals surface area (Å²) in [6, 6.07) is 9.42. The molecule has 1 aliphatic rings. The molecule has 0 saturated heterocycles. The van der Waals surface area contributed by atoms with E-state index in [4.69, 9.17) is 5.26 Å². The highest BCUT2D eigenvalue weighted by Gasteiger charge is 2.31. The molecule has 76 valence electrons. The van der Waals surface area contributed by atoms with Gasteiger partial charge in [-0.1, -0.05) is 0 Å². The summed E-state index contributed by atoms with van der Waals surface area (Å²) in [6.45, 7) is 0. The average molecular weight is 200 g/mol. The third-order valence-corrected chi connectivity index (χ3v) is 2.91. The Morgan fingerprint density at radius 3 is 2.47 bits per heavy atom. The van der Waals surface area contributed by atoms with Crippen molar-refractivity contribution in [3.8, 4) is 6.07 Å². The number of ketones is 1. The maximum atomic E-state index is 11.3. The molecule has 0 aromatic heterocycles. The van der Waals surface area contributed by atoms with Crippen molar-refractivity contribution < 1.29 is 4.79 Å². The second-order valence-corrected chi connectivity index (χ2v) is 3.79. The van der Waals surface area contributed by atoms with E-state index in [1.165, 1.54) is 0 Å². The Bertz CT molecular complexity index is 416. The first-order chi connectivity index (χ1) is 7.22. The minimum atomic E-state index is 0.0398. The first-order valence-electron chi connectivity index (χ1n) is 4.98. The van der Waals surface area contributed by atoms with Gasteiger partial charge in [-0.3, -0.25) is 4.79 Å². The molecule has 1 saturated carbocycles. The van der Waals surface area contributed by atoms with E-state index in [0.717, 1.165) is 12.1 Å². The zero-order valence-electron chi connectivity index (χ0n) is 8.60. The lowest BCUT2D eigenvalue weighted by atomic mass is 9.89. The quantitative estimate of drug-likeness (QED) is 0.730. The molecular formula is C12H12N2O. The van der Waals surface area contributed by atoms with Crippen LogP contribution in [-0.4, -0.2) is 18.9 Å². The number of rotatable bonds is 2. The lowest BCUT2D eigenvalue weighted by Gasteiger charge is -2.34. The Labute approximate surface area is 88.9 Å². The van der Waals surface area contributed by atoms with E-state index in [1.807, 2.05) is 24.1 Å². The fraction of sp³-hybridized carbons (Fsp3) is 0.333. The normalized spacial score (nSPS) is 19.2. The molecule has 1 unspecified atom stereocenters. The van der Waals surface area contributed by atoms with Crippen LogP contribution in [0.3, 0.4) is 0 Å². The highest BCUT2D eigenvalue weighted by Crippen LogP contribution is 2.25. The summed E-state index contributed by atoms with van der Waals surface area (Å²) in [6.07, 6.45) is 1.64. The van der Waals surface area contributed by atoms with Crippen molar-refractivity contribution in [3.63, 3.8) is 0 Å². The van der Waals surface area contributed by atoms with Crippen LogP contribution in [0.4, 0.5) is 5.69 Å². The Hall–Kier alpha value is -1.82. The lowest BCUT2D eigenvalue weighted by Crippen LogP contribution is -2.45. The number of Topliss-reactive ketones (excluding diaryl/α,β-unsaturated/α-hetero) is 1. The van der Waals surface area contributed by atoms with Crippen molar-refractivity contribution >= 4 is 11.5 Å². The molecule has 1 aromatic carbocycles. The number of carbonyl (C=O) groups is 1. The number of nitrogens with zero attached hydrogens (tertiary/aromatic N) is 2. The van der Waals surface area contributed by atoms with E-state index in [1.54, 1.807) is 12.1 Å². The van der Waals surface area contributed by atoms with Gasteiger partial charge in [0.05, 0.1) is 17.7 Å². The van der Waals surface area contributed by atoms with Gasteiger partial charge in [0.15, 0.2) is 5.78 Å². The van der Waals surface area contributed by atoms with Crippen LogP contribution in [0, 0.1) is 11.3 Å². The Balaban J connectivity index is 2.15. The highest BCUT2D eigenvalue weighted by molar-refractivity contribution is 5.92. The fourth-order valence-electron chi connectivity index (χ4n) is 1.75. The van der Waals surface area contributed by atoms with Gasteiger partial charge >= 0.3 is 0 Å². The summed E-state index contributed by atoms with van der Waals surface area (Å²) in [5, 5.41) is 8.66. The van der Waals surface area contributed by atoms with Crippen molar-refractivity contribution in [3.05, 3.63) is 29.8 Å². The van der Waals surface area contributed by atoms with E-state index in [0.29, 0.717) is 17.8 Å². The van der Waals surface area contributed by atoms with Crippen LogP contribution < -0.4 is 4.90 Å². The van der Waals surface area contributed by atoms with Gasteiger partial charge < -0.3 is 4.90 Å². The van der Waals surface area contributed by atoms with Gasteiger partial charge in [0.1, 0.15) is 0 Å². The van der Waals surface area contributed by atoms with Crippen LogP contribution >= 0.6 is 0 Å². The average Bonchev–Trinajstić information content (AvgIpc) is 2.27. The molecule has 0 amide bonds. The van der Waals surface area contributed by atoms with Crippen molar-refractivity contribution in [2.75, 3.05) is 11.9 Å². The standard InChI is InChI=1S/C12H12N2O/c1-14(11-6-7-12(11)15)10-4-2-9(8-13)3-5-10/h2-5,11H,6-7H2,1H3. The predicted molar refractivity (Wildman–Crippen MR) is 57.6 cm³/mol. The van der Waals surface area contributed by atoms with Gasteiger partial charge in [-0.05, 0) is 30.7 Å². The molecule has 1 atom stereocenters. The number of nitriles is 1. The second kappa shape index (κ2) is 3.74. The number of carbonyl (C=O) groups excluding carboxylic acids is 1. The summed E-state index contributed by atoms with van der Waals surface area (Å²) in [7, 11) is 1.92. The minimum Gasteiger partial charge on any atom is -0.365 e. The summed E-state index contributed by atoms with van der Waals surface area (Å²) in [5.74, 6) is 0.307. The molecule has 1 aromatic rings. The molecule has 3 nitrogen and oxygen atoms in total. The maximum Gasteiger partial charge on any atom is 0.155 e. The SMILES string of the molecule is CN(c1ccc(C#N)cc1)C1CCC1=O. The number of anilines is 1. The van der Waals surface area contributed by atoms with Crippen LogP contribution in [0.2, 0.25) is 0 Å². The molecule has 0 heterocycles. The molecule has 3 heteroatoms. The highest BCUT2D eigenvalue weighted by atomic mass is 16.1. The molecule has 1 aliphatic carbocycles. The van der Waals surface area contributed by atoms with Crippen LogP contribution in [0.1, 0.15) is 18.4 Å². The van der Waals surface area contributed by atoms with Gasteiger partial charge in [0.25, 0.3) is 0 Å². The molecule has 0 spiro atoms. The minimum absolute atomic E-state index is 0.0398. The molecule has 2 rings (SSSR count). The van der Waals surface area contributed by atoms with Gasteiger partial charge in [-0.2, -0.15) is 5.26 Å². The smallest absolute Gasteiger partial charge is 0.155 e. The van der Waals surface area contributed by atoms with Gasteiger partial charge in [0.2, 0.25) is 0 Å². The molecule has 0 radical (unpaired) electrons. The van der Waals surface area contributed by atoms with E-state index in [-0.39, 0.29) is 6.04 Å². The van der Waals surface area contributed by atoms with E-state index < -0.39 is 0 Å². The van der Waals surface area contributed by atoms with Crippen molar-refractivity contribution in [1.29, 1.82) is 5.26 Å². The largest absolute Gasteiger partial charge is 0.365 e. The predicted octanol–water partition coefficient (Wildman–Crippen LogP) is 1.73. The Morgan fingerprint density at radius 1 is 1.40 bits per heavy atom. The Kier molecular flexibility index (Phi) is 2.42. The topological polar surface area (TPSA) is 44.1 Å². The van der Waals surface area contributed by atoms with Crippen molar-refractivity contribution in [2.24, 2.45) is 0 Å². The fourth-order valence-corrected chi connectivity index (χ4v) is 1.75. The van der Waals surface area contributed by atoms with E-state index in [9.17, 15) is 4.79 Å². The van der Waals surface area contributed by atoms with E-state index in [2.05, 4.69) is 6.07 Å². The summed E-state index contributed by atoms with van der Waals surface area (Å²) < 4.78 is 0.